The summed E-state index contributed by atoms with van der Waals surface area (Å²) in [6.45, 7) is 4.16. The first kappa shape index (κ1) is 19.2. The topological polar surface area (TPSA) is 50.4 Å². The Kier molecular flexibility index (Phi) is 7.63. The summed E-state index contributed by atoms with van der Waals surface area (Å²) in [6, 6.07) is 7.53. The van der Waals surface area contributed by atoms with Gasteiger partial charge in [-0.15, -0.1) is 12.4 Å². The number of piperidine rings is 1. The van der Waals surface area contributed by atoms with E-state index in [0.29, 0.717) is 11.6 Å². The molecule has 1 unspecified atom stereocenters. The van der Waals surface area contributed by atoms with Gasteiger partial charge in [0.25, 0.3) is 0 Å². The number of amides is 1. The van der Waals surface area contributed by atoms with Crippen molar-refractivity contribution >= 4 is 29.9 Å². The van der Waals surface area contributed by atoms with E-state index >= 15 is 0 Å². The minimum Gasteiger partial charge on any atom is -0.384 e. The molecule has 1 saturated heterocycles. The quantitative estimate of drug-likeness (QED) is 0.861. The van der Waals surface area contributed by atoms with E-state index in [-0.39, 0.29) is 24.4 Å². The summed E-state index contributed by atoms with van der Waals surface area (Å²) < 4.78 is 5.30. The summed E-state index contributed by atoms with van der Waals surface area (Å²) >= 11 is 5.90. The monoisotopic (exact) mass is 346 g/mol. The van der Waals surface area contributed by atoms with Gasteiger partial charge in [-0.05, 0) is 50.6 Å². The molecule has 124 valence electrons. The molecule has 0 radical (unpaired) electrons. The van der Waals surface area contributed by atoms with Crippen molar-refractivity contribution in [3.8, 4) is 0 Å². The number of methoxy groups -OCH3 is 1. The van der Waals surface area contributed by atoms with Crippen LogP contribution in [0.2, 0.25) is 5.02 Å². The van der Waals surface area contributed by atoms with Crippen molar-refractivity contribution in [2.45, 2.75) is 25.8 Å². The molecule has 6 heteroatoms. The molecular weight excluding hydrogens is 323 g/mol. The van der Waals surface area contributed by atoms with Gasteiger partial charge in [-0.2, -0.15) is 0 Å². The molecule has 1 aliphatic heterocycles. The summed E-state index contributed by atoms with van der Waals surface area (Å²) in [5.74, 6) is 0.0771. The van der Waals surface area contributed by atoms with Crippen LogP contribution in [0.5, 0.6) is 0 Å². The Bertz CT molecular complexity index is 468. The van der Waals surface area contributed by atoms with Crippen LogP contribution in [0.1, 0.15) is 31.4 Å². The van der Waals surface area contributed by atoms with Gasteiger partial charge in [-0.3, -0.25) is 4.79 Å². The average Bonchev–Trinajstić information content (AvgIpc) is 2.49. The van der Waals surface area contributed by atoms with Crippen LogP contribution in [0.25, 0.3) is 0 Å². The molecule has 22 heavy (non-hydrogen) atoms. The highest BCUT2D eigenvalue weighted by Crippen LogP contribution is 2.30. The van der Waals surface area contributed by atoms with Crippen LogP contribution in [0.3, 0.4) is 0 Å². The molecule has 0 bridgehead atoms. The Balaban J connectivity index is 0.00000242. The summed E-state index contributed by atoms with van der Waals surface area (Å²) in [7, 11) is 1.65. The minimum absolute atomic E-state index is 0. The maximum Gasteiger partial charge on any atom is 0.229 e. The van der Waals surface area contributed by atoms with Gasteiger partial charge in [0.15, 0.2) is 0 Å². The van der Waals surface area contributed by atoms with Crippen molar-refractivity contribution in [1.29, 1.82) is 0 Å². The molecule has 1 amide bonds. The Morgan fingerprint density at radius 2 is 1.95 bits per heavy atom. The molecule has 4 nitrogen and oxygen atoms in total. The van der Waals surface area contributed by atoms with E-state index in [1.165, 1.54) is 0 Å². The lowest BCUT2D eigenvalue weighted by atomic mass is 9.78. The number of benzene rings is 1. The summed E-state index contributed by atoms with van der Waals surface area (Å²) in [4.78, 5) is 12.7. The summed E-state index contributed by atoms with van der Waals surface area (Å²) in [5, 5.41) is 7.12. The van der Waals surface area contributed by atoms with Crippen molar-refractivity contribution in [2.24, 2.45) is 5.41 Å². The van der Waals surface area contributed by atoms with E-state index < -0.39 is 5.41 Å². The van der Waals surface area contributed by atoms with E-state index in [1.807, 2.05) is 31.2 Å². The fourth-order valence-electron chi connectivity index (χ4n) is 2.80. The van der Waals surface area contributed by atoms with Crippen LogP contribution in [0.15, 0.2) is 24.3 Å². The molecule has 1 aliphatic rings. The normalized spacial score (nSPS) is 18.1. The molecule has 1 aromatic rings. The highest BCUT2D eigenvalue weighted by atomic mass is 35.5. The number of nitrogens with one attached hydrogen (secondary N) is 2. The predicted molar refractivity (Wildman–Crippen MR) is 91.7 cm³/mol. The first-order valence-electron chi connectivity index (χ1n) is 7.33. The zero-order valence-electron chi connectivity index (χ0n) is 13.0. The van der Waals surface area contributed by atoms with Gasteiger partial charge in [0, 0.05) is 12.1 Å². The number of ether oxygens (including phenoxy) is 1. The van der Waals surface area contributed by atoms with Gasteiger partial charge in [0.2, 0.25) is 5.91 Å². The molecule has 0 spiro atoms. The largest absolute Gasteiger partial charge is 0.384 e. The number of carbonyl (C=O) groups excluding carboxylic acids is 1. The van der Waals surface area contributed by atoms with Crippen molar-refractivity contribution in [2.75, 3.05) is 26.8 Å². The average molecular weight is 347 g/mol. The maximum atomic E-state index is 12.7. The minimum atomic E-state index is -0.416. The van der Waals surface area contributed by atoms with Crippen molar-refractivity contribution < 1.29 is 9.53 Å². The third-order valence-corrected chi connectivity index (χ3v) is 4.43. The van der Waals surface area contributed by atoms with Crippen LogP contribution in [0.4, 0.5) is 0 Å². The lowest BCUT2D eigenvalue weighted by molar-refractivity contribution is -0.136. The van der Waals surface area contributed by atoms with Gasteiger partial charge in [-0.1, -0.05) is 23.7 Å². The number of hydrogen-bond acceptors (Lipinski definition) is 3. The lowest BCUT2D eigenvalue weighted by Crippen LogP contribution is -2.50. The highest BCUT2D eigenvalue weighted by molar-refractivity contribution is 6.30. The van der Waals surface area contributed by atoms with Gasteiger partial charge in [0.05, 0.1) is 18.1 Å². The first-order chi connectivity index (χ1) is 10.1. The van der Waals surface area contributed by atoms with Crippen molar-refractivity contribution in [3.05, 3.63) is 34.9 Å². The second-order valence-corrected chi connectivity index (χ2v) is 6.15. The van der Waals surface area contributed by atoms with Gasteiger partial charge in [-0.25, -0.2) is 0 Å². The molecule has 1 atom stereocenters. The van der Waals surface area contributed by atoms with Crippen LogP contribution in [-0.4, -0.2) is 32.7 Å². The summed E-state index contributed by atoms with van der Waals surface area (Å²) in [5.41, 5.74) is 0.634. The molecule has 1 fully saturated rings. The molecule has 0 aromatic heterocycles. The standard InChI is InChI=1S/C16H23ClN2O2.ClH/c1-12(13-3-5-14(17)6-4-13)19-15(20)16(11-21-2)7-9-18-10-8-16;/h3-6,12,18H,7-11H2,1-2H3,(H,19,20);1H. The zero-order chi connectivity index (χ0) is 15.3. The molecule has 0 saturated carbocycles. The van der Waals surface area contributed by atoms with Crippen molar-refractivity contribution in [3.63, 3.8) is 0 Å². The Hall–Kier alpha value is -0.810. The second-order valence-electron chi connectivity index (χ2n) is 5.71. The Morgan fingerprint density at radius 3 is 2.50 bits per heavy atom. The van der Waals surface area contributed by atoms with E-state index in [1.54, 1.807) is 7.11 Å². The van der Waals surface area contributed by atoms with Gasteiger partial charge >= 0.3 is 0 Å². The fraction of sp³-hybridized carbons (Fsp3) is 0.562. The van der Waals surface area contributed by atoms with Crippen LogP contribution in [0, 0.1) is 5.41 Å². The van der Waals surface area contributed by atoms with Crippen LogP contribution < -0.4 is 10.6 Å². The smallest absolute Gasteiger partial charge is 0.229 e. The molecule has 2 N–H and O–H groups in total. The molecule has 1 aromatic carbocycles. The highest BCUT2D eigenvalue weighted by Gasteiger charge is 2.40. The number of rotatable bonds is 5. The lowest BCUT2D eigenvalue weighted by Gasteiger charge is -2.36. The SMILES string of the molecule is COCC1(C(=O)NC(C)c2ccc(Cl)cc2)CCNCC1.Cl. The van der Waals surface area contributed by atoms with E-state index in [0.717, 1.165) is 31.5 Å². The number of hydrogen-bond donors (Lipinski definition) is 2. The molecule has 0 aliphatic carbocycles. The Labute approximate surface area is 143 Å². The molecule has 2 rings (SSSR count). The van der Waals surface area contributed by atoms with Crippen LogP contribution >= 0.6 is 24.0 Å². The number of carbonyl (C=O) groups is 1. The zero-order valence-corrected chi connectivity index (χ0v) is 14.6. The number of halogens is 2. The van der Waals surface area contributed by atoms with Crippen molar-refractivity contribution in [1.82, 2.24) is 10.6 Å². The van der Waals surface area contributed by atoms with E-state index in [4.69, 9.17) is 16.3 Å². The predicted octanol–water partition coefficient (Wildman–Crippen LogP) is 2.96. The van der Waals surface area contributed by atoms with Crippen LogP contribution in [-0.2, 0) is 9.53 Å². The third-order valence-electron chi connectivity index (χ3n) is 4.18. The third kappa shape index (κ3) is 4.59. The first-order valence-corrected chi connectivity index (χ1v) is 7.71. The molecule has 1 heterocycles. The van der Waals surface area contributed by atoms with Gasteiger partial charge in [0.1, 0.15) is 0 Å². The fourth-order valence-corrected chi connectivity index (χ4v) is 2.93. The van der Waals surface area contributed by atoms with E-state index in [2.05, 4.69) is 10.6 Å². The Morgan fingerprint density at radius 1 is 1.36 bits per heavy atom. The molecular formula is C16H24Cl2N2O2. The second kappa shape index (κ2) is 8.73. The maximum absolute atomic E-state index is 12.7. The van der Waals surface area contributed by atoms with E-state index in [9.17, 15) is 4.79 Å². The van der Waals surface area contributed by atoms with Gasteiger partial charge < -0.3 is 15.4 Å². The summed E-state index contributed by atoms with van der Waals surface area (Å²) in [6.07, 6.45) is 1.61.